The third-order valence-corrected chi connectivity index (χ3v) is 3.59. The lowest BCUT2D eigenvalue weighted by molar-refractivity contribution is 0.455. The lowest BCUT2D eigenvalue weighted by Crippen LogP contribution is -2.28. The Labute approximate surface area is 96.0 Å². The van der Waals surface area contributed by atoms with E-state index in [1.807, 2.05) is 0 Å². The first-order chi connectivity index (χ1) is 7.18. The maximum atomic E-state index is 13.3. The molecule has 1 fully saturated rings. The van der Waals surface area contributed by atoms with Crippen LogP contribution >= 0.6 is 15.9 Å². The molecule has 82 valence electrons. The smallest absolute Gasteiger partial charge is 0.140 e. The standard InChI is InChI=1S/C11H12BrF2N/c12-11-9(4-8(13)5-10(11)14)7-2-1-3-15-6-7/h4-5,7,15H,1-3,6H2. The molecular formula is C11H12BrF2N. The van der Waals surface area contributed by atoms with Gasteiger partial charge in [-0.1, -0.05) is 0 Å². The molecule has 1 aliphatic rings. The highest BCUT2D eigenvalue weighted by atomic mass is 79.9. The first-order valence-electron chi connectivity index (χ1n) is 5.03. The Morgan fingerprint density at radius 1 is 1.33 bits per heavy atom. The molecule has 0 saturated carbocycles. The predicted molar refractivity (Wildman–Crippen MR) is 58.9 cm³/mol. The van der Waals surface area contributed by atoms with Gasteiger partial charge < -0.3 is 5.32 Å². The van der Waals surface area contributed by atoms with Gasteiger partial charge in [-0.25, -0.2) is 8.78 Å². The van der Waals surface area contributed by atoms with Crippen molar-refractivity contribution in [2.45, 2.75) is 18.8 Å². The lowest BCUT2D eigenvalue weighted by Gasteiger charge is -2.24. The molecule has 0 amide bonds. The zero-order valence-electron chi connectivity index (χ0n) is 8.19. The van der Waals surface area contributed by atoms with E-state index in [4.69, 9.17) is 0 Å². The van der Waals surface area contributed by atoms with Crippen LogP contribution in [-0.4, -0.2) is 13.1 Å². The van der Waals surface area contributed by atoms with Crippen LogP contribution in [-0.2, 0) is 0 Å². The molecule has 2 rings (SSSR count). The van der Waals surface area contributed by atoms with Gasteiger partial charge in [0.05, 0.1) is 4.47 Å². The minimum absolute atomic E-state index is 0.207. The van der Waals surface area contributed by atoms with Gasteiger partial charge in [0, 0.05) is 12.6 Å². The molecule has 1 atom stereocenters. The Bertz CT molecular complexity index is 362. The number of halogens is 3. The molecule has 1 aromatic carbocycles. The molecule has 1 heterocycles. The van der Waals surface area contributed by atoms with Crippen molar-refractivity contribution in [2.75, 3.05) is 13.1 Å². The summed E-state index contributed by atoms with van der Waals surface area (Å²) in [6.07, 6.45) is 2.03. The third-order valence-electron chi connectivity index (χ3n) is 2.76. The second kappa shape index (κ2) is 4.58. The molecule has 15 heavy (non-hydrogen) atoms. The number of rotatable bonds is 1. The molecule has 1 aromatic rings. The van der Waals surface area contributed by atoms with Crippen LogP contribution in [0.4, 0.5) is 8.78 Å². The van der Waals surface area contributed by atoms with Crippen molar-refractivity contribution in [2.24, 2.45) is 0 Å². The van der Waals surface area contributed by atoms with E-state index in [0.29, 0.717) is 4.47 Å². The van der Waals surface area contributed by atoms with Crippen molar-refractivity contribution >= 4 is 15.9 Å². The second-order valence-corrected chi connectivity index (χ2v) is 4.63. The molecule has 1 N–H and O–H groups in total. The van der Waals surface area contributed by atoms with E-state index in [-0.39, 0.29) is 5.92 Å². The maximum absolute atomic E-state index is 13.3. The topological polar surface area (TPSA) is 12.0 Å². The largest absolute Gasteiger partial charge is 0.316 e. The summed E-state index contributed by atoms with van der Waals surface area (Å²) in [6, 6.07) is 2.33. The number of piperidine rings is 1. The van der Waals surface area contributed by atoms with Crippen molar-refractivity contribution in [1.82, 2.24) is 5.32 Å². The van der Waals surface area contributed by atoms with E-state index in [0.717, 1.165) is 37.6 Å². The van der Waals surface area contributed by atoms with E-state index in [1.165, 1.54) is 6.07 Å². The number of benzene rings is 1. The molecule has 4 heteroatoms. The van der Waals surface area contributed by atoms with Crippen LogP contribution in [0.1, 0.15) is 24.3 Å². The predicted octanol–water partition coefficient (Wildman–Crippen LogP) is 3.19. The Kier molecular flexibility index (Phi) is 3.36. The van der Waals surface area contributed by atoms with Crippen molar-refractivity contribution in [3.8, 4) is 0 Å². The van der Waals surface area contributed by atoms with Gasteiger partial charge in [0.25, 0.3) is 0 Å². The zero-order chi connectivity index (χ0) is 10.8. The monoisotopic (exact) mass is 275 g/mol. The summed E-state index contributed by atoms with van der Waals surface area (Å²) >= 11 is 3.18. The van der Waals surface area contributed by atoms with Gasteiger partial charge in [0.2, 0.25) is 0 Å². The molecule has 0 radical (unpaired) electrons. The van der Waals surface area contributed by atoms with Crippen molar-refractivity contribution in [3.63, 3.8) is 0 Å². The summed E-state index contributed by atoms with van der Waals surface area (Å²) in [6.45, 7) is 1.79. The zero-order valence-corrected chi connectivity index (χ0v) is 9.78. The molecular weight excluding hydrogens is 264 g/mol. The highest BCUT2D eigenvalue weighted by Gasteiger charge is 2.20. The highest BCUT2D eigenvalue weighted by Crippen LogP contribution is 2.32. The Morgan fingerprint density at radius 3 is 2.80 bits per heavy atom. The lowest BCUT2D eigenvalue weighted by atomic mass is 9.91. The summed E-state index contributed by atoms with van der Waals surface area (Å²) in [5.74, 6) is -0.815. The normalized spacial score (nSPS) is 21.7. The Morgan fingerprint density at radius 2 is 2.13 bits per heavy atom. The van der Waals surface area contributed by atoms with Crippen molar-refractivity contribution < 1.29 is 8.78 Å². The van der Waals surface area contributed by atoms with Gasteiger partial charge in [-0.15, -0.1) is 0 Å². The van der Waals surface area contributed by atoms with Crippen LogP contribution in [0.2, 0.25) is 0 Å². The Balaban J connectivity index is 2.33. The summed E-state index contributed by atoms with van der Waals surface area (Å²) in [4.78, 5) is 0. The van der Waals surface area contributed by atoms with Gasteiger partial charge in [0.15, 0.2) is 0 Å². The van der Waals surface area contributed by atoms with E-state index < -0.39 is 11.6 Å². The van der Waals surface area contributed by atoms with Crippen LogP contribution in [0.15, 0.2) is 16.6 Å². The number of nitrogens with one attached hydrogen (secondary N) is 1. The molecule has 1 saturated heterocycles. The Hall–Kier alpha value is -0.480. The molecule has 0 aromatic heterocycles. The SMILES string of the molecule is Fc1cc(F)c(Br)c(C2CCCNC2)c1. The summed E-state index contributed by atoms with van der Waals surface area (Å²) < 4.78 is 26.8. The third kappa shape index (κ3) is 2.37. The average Bonchev–Trinajstić information content (AvgIpc) is 2.24. The fraction of sp³-hybridized carbons (Fsp3) is 0.455. The van der Waals surface area contributed by atoms with Crippen LogP contribution in [0, 0.1) is 11.6 Å². The highest BCUT2D eigenvalue weighted by molar-refractivity contribution is 9.10. The average molecular weight is 276 g/mol. The van der Waals surface area contributed by atoms with E-state index in [2.05, 4.69) is 21.2 Å². The maximum Gasteiger partial charge on any atom is 0.140 e. The second-order valence-electron chi connectivity index (χ2n) is 3.83. The first kappa shape index (κ1) is 11.0. The summed E-state index contributed by atoms with van der Waals surface area (Å²) in [5, 5.41) is 3.23. The minimum atomic E-state index is -0.518. The fourth-order valence-corrected chi connectivity index (χ4v) is 2.54. The first-order valence-corrected chi connectivity index (χ1v) is 5.83. The van der Waals surface area contributed by atoms with Gasteiger partial charge in [-0.3, -0.25) is 0 Å². The van der Waals surface area contributed by atoms with Crippen molar-refractivity contribution in [3.05, 3.63) is 33.8 Å². The molecule has 1 aliphatic heterocycles. The van der Waals surface area contributed by atoms with Gasteiger partial charge in [-0.2, -0.15) is 0 Å². The van der Waals surface area contributed by atoms with Crippen LogP contribution in [0.3, 0.4) is 0 Å². The van der Waals surface area contributed by atoms with Crippen LogP contribution < -0.4 is 5.32 Å². The van der Waals surface area contributed by atoms with Gasteiger partial charge >= 0.3 is 0 Å². The van der Waals surface area contributed by atoms with E-state index in [1.54, 1.807) is 0 Å². The molecule has 1 nitrogen and oxygen atoms in total. The van der Waals surface area contributed by atoms with Gasteiger partial charge in [-0.05, 0) is 52.9 Å². The number of hydrogen-bond acceptors (Lipinski definition) is 1. The minimum Gasteiger partial charge on any atom is -0.316 e. The van der Waals surface area contributed by atoms with Gasteiger partial charge in [0.1, 0.15) is 11.6 Å². The number of hydrogen-bond donors (Lipinski definition) is 1. The molecule has 0 spiro atoms. The van der Waals surface area contributed by atoms with E-state index >= 15 is 0 Å². The van der Waals surface area contributed by atoms with Crippen LogP contribution in [0.25, 0.3) is 0 Å². The molecule has 1 unspecified atom stereocenters. The molecule has 0 aliphatic carbocycles. The van der Waals surface area contributed by atoms with Crippen LogP contribution in [0.5, 0.6) is 0 Å². The quantitative estimate of drug-likeness (QED) is 0.777. The van der Waals surface area contributed by atoms with E-state index in [9.17, 15) is 8.78 Å². The fourth-order valence-electron chi connectivity index (χ4n) is 1.99. The summed E-state index contributed by atoms with van der Waals surface area (Å²) in [7, 11) is 0. The van der Waals surface area contributed by atoms with Crippen molar-refractivity contribution in [1.29, 1.82) is 0 Å². The summed E-state index contributed by atoms with van der Waals surface area (Å²) in [5.41, 5.74) is 0.736. The molecule has 0 bridgehead atoms.